The van der Waals surface area contributed by atoms with Crippen LogP contribution in [0.25, 0.3) is 0 Å². The number of likely N-dealkylation sites (tertiary alicyclic amines) is 1. The molecule has 1 amide bonds. The van der Waals surface area contributed by atoms with Crippen LogP contribution in [0.3, 0.4) is 0 Å². The van der Waals surface area contributed by atoms with Crippen LogP contribution >= 0.6 is 0 Å². The van der Waals surface area contributed by atoms with Crippen LogP contribution in [0.1, 0.15) is 41.1 Å². The van der Waals surface area contributed by atoms with E-state index >= 15 is 0 Å². The fourth-order valence-corrected chi connectivity index (χ4v) is 3.85. The predicted molar refractivity (Wildman–Crippen MR) is 103 cm³/mol. The number of hydrogen-bond acceptors (Lipinski definition) is 3. The Labute approximate surface area is 155 Å². The normalized spacial score (nSPS) is 16.6. The fourth-order valence-electron chi connectivity index (χ4n) is 3.85. The Bertz CT molecular complexity index is 759. The van der Waals surface area contributed by atoms with Crippen LogP contribution in [0, 0.1) is 20.8 Å². The second-order valence-corrected chi connectivity index (χ2v) is 7.03. The lowest BCUT2D eigenvalue weighted by Crippen LogP contribution is -2.34. The monoisotopic (exact) mass is 353 g/mol. The van der Waals surface area contributed by atoms with Crippen LogP contribution in [-0.2, 0) is 4.79 Å². The average molecular weight is 353 g/mol. The van der Waals surface area contributed by atoms with Crippen molar-refractivity contribution in [3.63, 3.8) is 0 Å². The minimum Gasteiger partial charge on any atom is -0.497 e. The van der Waals surface area contributed by atoms with Crippen LogP contribution < -0.4 is 9.47 Å². The summed E-state index contributed by atoms with van der Waals surface area (Å²) in [5.74, 6) is 1.70. The lowest BCUT2D eigenvalue weighted by atomic mass is 10.0. The summed E-state index contributed by atoms with van der Waals surface area (Å²) in [6.45, 7) is 6.98. The molecule has 0 saturated carbocycles. The third-order valence-electron chi connectivity index (χ3n) is 5.02. The average Bonchev–Trinajstić information content (AvgIpc) is 3.10. The van der Waals surface area contributed by atoms with Gasteiger partial charge < -0.3 is 14.4 Å². The molecule has 2 aromatic carbocycles. The Kier molecular flexibility index (Phi) is 5.50. The SMILES string of the molecule is COc1ccc(C2CCCN2C(=O)COc2c(C)cc(C)cc2C)cc1. The Hall–Kier alpha value is -2.49. The zero-order chi connectivity index (χ0) is 18.7. The topological polar surface area (TPSA) is 38.8 Å². The molecule has 138 valence electrons. The number of methoxy groups -OCH3 is 1. The molecule has 0 spiro atoms. The largest absolute Gasteiger partial charge is 0.497 e. The van der Waals surface area contributed by atoms with Gasteiger partial charge in [0.05, 0.1) is 13.2 Å². The minimum absolute atomic E-state index is 0.0442. The van der Waals surface area contributed by atoms with Gasteiger partial charge in [0, 0.05) is 6.54 Å². The molecule has 4 nitrogen and oxygen atoms in total. The van der Waals surface area contributed by atoms with E-state index in [2.05, 4.69) is 19.1 Å². The minimum atomic E-state index is 0.0442. The quantitative estimate of drug-likeness (QED) is 0.801. The van der Waals surface area contributed by atoms with Gasteiger partial charge in [-0.1, -0.05) is 29.8 Å². The molecule has 1 atom stereocenters. The van der Waals surface area contributed by atoms with Gasteiger partial charge in [0.15, 0.2) is 6.61 Å². The van der Waals surface area contributed by atoms with E-state index in [1.54, 1.807) is 7.11 Å². The Morgan fingerprint density at radius 3 is 2.38 bits per heavy atom. The van der Waals surface area contributed by atoms with Gasteiger partial charge in [0.2, 0.25) is 0 Å². The highest BCUT2D eigenvalue weighted by Gasteiger charge is 2.30. The van der Waals surface area contributed by atoms with E-state index in [0.717, 1.165) is 47.6 Å². The van der Waals surface area contributed by atoms with E-state index in [-0.39, 0.29) is 18.6 Å². The number of amides is 1. The highest BCUT2D eigenvalue weighted by molar-refractivity contribution is 5.78. The first-order valence-corrected chi connectivity index (χ1v) is 9.13. The van der Waals surface area contributed by atoms with Gasteiger partial charge in [0.1, 0.15) is 11.5 Å². The first-order valence-electron chi connectivity index (χ1n) is 9.13. The van der Waals surface area contributed by atoms with Gasteiger partial charge in [0.25, 0.3) is 5.91 Å². The van der Waals surface area contributed by atoms with E-state index in [0.29, 0.717) is 0 Å². The number of rotatable bonds is 5. The van der Waals surface area contributed by atoms with Crippen molar-refractivity contribution < 1.29 is 14.3 Å². The molecule has 0 aliphatic carbocycles. The van der Waals surface area contributed by atoms with Crippen molar-refractivity contribution in [3.8, 4) is 11.5 Å². The molecule has 0 N–H and O–H groups in total. The molecule has 26 heavy (non-hydrogen) atoms. The number of ether oxygens (including phenoxy) is 2. The molecule has 1 saturated heterocycles. The highest BCUT2D eigenvalue weighted by atomic mass is 16.5. The summed E-state index contributed by atoms with van der Waals surface area (Å²) in [7, 11) is 1.66. The van der Waals surface area contributed by atoms with Crippen molar-refractivity contribution in [3.05, 3.63) is 58.7 Å². The Morgan fingerprint density at radius 2 is 1.77 bits per heavy atom. The van der Waals surface area contributed by atoms with Gasteiger partial charge in [-0.25, -0.2) is 0 Å². The summed E-state index contributed by atoms with van der Waals surface area (Å²) in [6.07, 6.45) is 2.01. The molecule has 1 aliphatic rings. The molecule has 1 unspecified atom stereocenters. The maximum Gasteiger partial charge on any atom is 0.261 e. The van der Waals surface area contributed by atoms with Gasteiger partial charge >= 0.3 is 0 Å². The molecule has 0 bridgehead atoms. The van der Waals surface area contributed by atoms with E-state index < -0.39 is 0 Å². The second-order valence-electron chi connectivity index (χ2n) is 7.03. The van der Waals surface area contributed by atoms with E-state index in [4.69, 9.17) is 9.47 Å². The summed E-state index contributed by atoms with van der Waals surface area (Å²) in [4.78, 5) is 14.7. The summed E-state index contributed by atoms with van der Waals surface area (Å²) >= 11 is 0. The van der Waals surface area contributed by atoms with E-state index in [9.17, 15) is 4.79 Å². The van der Waals surface area contributed by atoms with Crippen LogP contribution in [0.15, 0.2) is 36.4 Å². The molecule has 3 rings (SSSR count). The molecule has 4 heteroatoms. The molecular weight excluding hydrogens is 326 g/mol. The number of hydrogen-bond donors (Lipinski definition) is 0. The molecule has 2 aromatic rings. The predicted octanol–water partition coefficient (Wildman–Crippen LogP) is 4.36. The molecule has 0 radical (unpaired) electrons. The van der Waals surface area contributed by atoms with Crippen molar-refractivity contribution in [1.82, 2.24) is 4.90 Å². The number of nitrogens with zero attached hydrogens (tertiary/aromatic N) is 1. The van der Waals surface area contributed by atoms with E-state index in [1.165, 1.54) is 5.56 Å². The van der Waals surface area contributed by atoms with Gasteiger partial charge in [-0.3, -0.25) is 4.79 Å². The smallest absolute Gasteiger partial charge is 0.261 e. The summed E-state index contributed by atoms with van der Waals surface area (Å²) < 4.78 is 11.1. The van der Waals surface area contributed by atoms with Crippen molar-refractivity contribution in [2.24, 2.45) is 0 Å². The lowest BCUT2D eigenvalue weighted by Gasteiger charge is -2.25. The van der Waals surface area contributed by atoms with Gasteiger partial charge in [-0.05, 0) is 62.4 Å². The first kappa shape index (κ1) is 18.3. The molecular formula is C22H27NO3. The summed E-state index contributed by atoms with van der Waals surface area (Å²) in [5.41, 5.74) is 4.50. The van der Waals surface area contributed by atoms with Crippen molar-refractivity contribution in [2.45, 2.75) is 39.7 Å². The highest BCUT2D eigenvalue weighted by Crippen LogP contribution is 2.33. The Balaban J connectivity index is 1.68. The molecule has 1 fully saturated rings. The lowest BCUT2D eigenvalue weighted by molar-refractivity contribution is -0.134. The number of carbonyl (C=O) groups is 1. The third-order valence-corrected chi connectivity index (χ3v) is 5.02. The van der Waals surface area contributed by atoms with Crippen molar-refractivity contribution >= 4 is 5.91 Å². The molecule has 1 aliphatic heterocycles. The molecule has 0 aromatic heterocycles. The van der Waals surface area contributed by atoms with E-state index in [1.807, 2.05) is 43.0 Å². The fraction of sp³-hybridized carbons (Fsp3) is 0.409. The summed E-state index contributed by atoms with van der Waals surface area (Å²) in [5, 5.41) is 0. The number of aryl methyl sites for hydroxylation is 3. The van der Waals surface area contributed by atoms with Crippen molar-refractivity contribution in [1.29, 1.82) is 0 Å². The van der Waals surface area contributed by atoms with Crippen LogP contribution in [0.4, 0.5) is 0 Å². The van der Waals surface area contributed by atoms with Crippen LogP contribution in [0.5, 0.6) is 11.5 Å². The number of benzene rings is 2. The zero-order valence-corrected chi connectivity index (χ0v) is 16.0. The Morgan fingerprint density at radius 1 is 1.12 bits per heavy atom. The maximum absolute atomic E-state index is 12.8. The van der Waals surface area contributed by atoms with Gasteiger partial charge in [-0.15, -0.1) is 0 Å². The van der Waals surface area contributed by atoms with Gasteiger partial charge in [-0.2, -0.15) is 0 Å². The second kappa shape index (κ2) is 7.81. The summed E-state index contributed by atoms with van der Waals surface area (Å²) in [6, 6.07) is 12.3. The zero-order valence-electron chi connectivity index (χ0n) is 16.0. The van der Waals surface area contributed by atoms with Crippen molar-refractivity contribution in [2.75, 3.05) is 20.3 Å². The van der Waals surface area contributed by atoms with Crippen LogP contribution in [0.2, 0.25) is 0 Å². The van der Waals surface area contributed by atoms with Crippen LogP contribution in [-0.4, -0.2) is 31.1 Å². The molecule has 1 heterocycles. The number of carbonyl (C=O) groups excluding carboxylic acids is 1. The standard InChI is InChI=1S/C22H27NO3/c1-15-12-16(2)22(17(3)13-15)26-14-21(24)23-11-5-6-20(23)18-7-9-19(25-4)10-8-18/h7-10,12-13,20H,5-6,11,14H2,1-4H3. The first-order chi connectivity index (χ1) is 12.5. The maximum atomic E-state index is 12.8. The third kappa shape index (κ3) is 3.85.